The number of nitrogens with zero attached hydrogens (tertiary/aromatic N) is 1. The second kappa shape index (κ2) is 5.84. The van der Waals surface area contributed by atoms with Crippen LogP contribution in [0.15, 0.2) is 24.3 Å². The average molecular weight is 351 g/mol. The SMILES string of the molecule is O=C(O)C1CS(=O)(=O)CCN1C(=O)c1cccc(C(F)(F)F)c1. The van der Waals surface area contributed by atoms with E-state index in [1.165, 1.54) is 0 Å². The van der Waals surface area contributed by atoms with E-state index < -0.39 is 51.0 Å². The summed E-state index contributed by atoms with van der Waals surface area (Å²) in [6.45, 7) is -0.381. The molecule has 126 valence electrons. The molecule has 1 fully saturated rings. The van der Waals surface area contributed by atoms with Crippen molar-refractivity contribution in [2.75, 3.05) is 18.1 Å². The molecule has 1 saturated heterocycles. The van der Waals surface area contributed by atoms with E-state index in [0.29, 0.717) is 6.07 Å². The molecule has 10 heteroatoms. The van der Waals surface area contributed by atoms with E-state index in [1.807, 2.05) is 0 Å². The Balaban J connectivity index is 2.34. The third-order valence-corrected chi connectivity index (χ3v) is 5.04. The molecule has 23 heavy (non-hydrogen) atoms. The predicted octanol–water partition coefficient (Wildman–Crippen LogP) is 1.03. The third-order valence-electron chi connectivity index (χ3n) is 3.41. The molecule has 1 unspecified atom stereocenters. The van der Waals surface area contributed by atoms with Crippen molar-refractivity contribution in [2.45, 2.75) is 12.2 Å². The monoisotopic (exact) mass is 351 g/mol. The van der Waals surface area contributed by atoms with Crippen molar-refractivity contribution < 1.29 is 36.3 Å². The van der Waals surface area contributed by atoms with Gasteiger partial charge in [-0.25, -0.2) is 13.2 Å². The lowest BCUT2D eigenvalue weighted by Gasteiger charge is -2.32. The lowest BCUT2D eigenvalue weighted by Crippen LogP contribution is -2.54. The van der Waals surface area contributed by atoms with Gasteiger partial charge in [0, 0.05) is 12.1 Å². The largest absolute Gasteiger partial charge is 0.480 e. The average Bonchev–Trinajstić information content (AvgIpc) is 2.45. The third kappa shape index (κ3) is 3.81. The molecule has 2 rings (SSSR count). The lowest BCUT2D eigenvalue weighted by molar-refractivity contribution is -0.141. The number of carbonyl (C=O) groups is 2. The van der Waals surface area contributed by atoms with Gasteiger partial charge in [0.2, 0.25) is 0 Å². The van der Waals surface area contributed by atoms with Gasteiger partial charge in [-0.05, 0) is 18.2 Å². The van der Waals surface area contributed by atoms with Gasteiger partial charge in [0.15, 0.2) is 9.84 Å². The van der Waals surface area contributed by atoms with Crippen LogP contribution in [-0.2, 0) is 20.8 Å². The summed E-state index contributed by atoms with van der Waals surface area (Å²) in [6, 6.07) is 1.94. The van der Waals surface area contributed by atoms with Crippen molar-refractivity contribution in [1.29, 1.82) is 0 Å². The Morgan fingerprint density at radius 1 is 1.26 bits per heavy atom. The van der Waals surface area contributed by atoms with Crippen LogP contribution in [0.5, 0.6) is 0 Å². The van der Waals surface area contributed by atoms with Gasteiger partial charge in [-0.2, -0.15) is 13.2 Å². The number of carboxylic acid groups (broad SMARTS) is 1. The highest BCUT2D eigenvalue weighted by Crippen LogP contribution is 2.30. The molecule has 0 radical (unpaired) electrons. The first-order valence-corrected chi connectivity index (χ1v) is 8.25. The summed E-state index contributed by atoms with van der Waals surface area (Å²) in [7, 11) is -3.61. The number of amides is 1. The Morgan fingerprint density at radius 3 is 2.48 bits per heavy atom. The Hall–Kier alpha value is -2.10. The second-order valence-electron chi connectivity index (χ2n) is 5.05. The maximum Gasteiger partial charge on any atom is 0.416 e. The zero-order valence-corrected chi connectivity index (χ0v) is 12.4. The number of sulfone groups is 1. The smallest absolute Gasteiger partial charge is 0.416 e. The maximum absolute atomic E-state index is 12.7. The van der Waals surface area contributed by atoms with Crippen molar-refractivity contribution in [3.8, 4) is 0 Å². The summed E-state index contributed by atoms with van der Waals surface area (Å²) in [5, 5.41) is 9.08. The van der Waals surface area contributed by atoms with Crippen molar-refractivity contribution in [1.82, 2.24) is 4.90 Å². The Kier molecular flexibility index (Phi) is 4.38. The summed E-state index contributed by atoms with van der Waals surface area (Å²) >= 11 is 0. The van der Waals surface area contributed by atoms with E-state index >= 15 is 0 Å². The van der Waals surface area contributed by atoms with E-state index in [9.17, 15) is 31.2 Å². The molecule has 1 atom stereocenters. The summed E-state index contributed by atoms with van der Waals surface area (Å²) in [5.74, 6) is -3.65. The number of aliphatic carboxylic acids is 1. The first kappa shape index (κ1) is 17.3. The highest BCUT2D eigenvalue weighted by Gasteiger charge is 2.39. The normalized spacial score (nSPS) is 21.0. The fourth-order valence-corrected chi connectivity index (χ4v) is 3.69. The number of carbonyl (C=O) groups excluding carboxylic acids is 1. The summed E-state index contributed by atoms with van der Waals surface area (Å²) < 4.78 is 61.1. The minimum atomic E-state index is -4.65. The number of hydrogen-bond donors (Lipinski definition) is 1. The van der Waals surface area contributed by atoms with Gasteiger partial charge in [0.1, 0.15) is 6.04 Å². The maximum atomic E-state index is 12.7. The van der Waals surface area contributed by atoms with E-state index in [-0.39, 0.29) is 12.1 Å². The summed E-state index contributed by atoms with van der Waals surface area (Å²) in [5.41, 5.74) is -1.38. The molecule has 0 aliphatic carbocycles. The van der Waals surface area contributed by atoms with E-state index in [4.69, 9.17) is 5.11 Å². The van der Waals surface area contributed by atoms with Gasteiger partial charge in [-0.15, -0.1) is 0 Å². The molecule has 6 nitrogen and oxygen atoms in total. The van der Waals surface area contributed by atoms with Crippen molar-refractivity contribution in [3.63, 3.8) is 0 Å². The van der Waals surface area contributed by atoms with E-state index in [2.05, 4.69) is 0 Å². The highest BCUT2D eigenvalue weighted by atomic mass is 32.2. The van der Waals surface area contributed by atoms with Crippen molar-refractivity contribution in [2.24, 2.45) is 0 Å². The standard InChI is InChI=1S/C13H12F3NO5S/c14-13(15,16)9-3-1-2-8(6-9)11(18)17-4-5-23(21,22)7-10(17)12(19)20/h1-3,6,10H,4-5,7H2,(H,19,20). The molecule has 1 amide bonds. The van der Waals surface area contributed by atoms with Crippen LogP contribution in [0.4, 0.5) is 13.2 Å². The Labute approximate surface area is 129 Å². The molecule has 1 aliphatic rings. The Morgan fingerprint density at radius 2 is 1.91 bits per heavy atom. The van der Waals surface area contributed by atoms with E-state index in [0.717, 1.165) is 23.1 Å². The molecule has 1 aromatic rings. The fourth-order valence-electron chi connectivity index (χ4n) is 2.25. The minimum absolute atomic E-state index is 0.342. The van der Waals surface area contributed by atoms with Crippen LogP contribution >= 0.6 is 0 Å². The molecule has 1 N–H and O–H groups in total. The van der Waals surface area contributed by atoms with Crippen LogP contribution in [0.2, 0.25) is 0 Å². The number of halogens is 3. The first-order chi connectivity index (χ1) is 10.5. The summed E-state index contributed by atoms with van der Waals surface area (Å²) in [4.78, 5) is 24.3. The topological polar surface area (TPSA) is 91.8 Å². The summed E-state index contributed by atoms with van der Waals surface area (Å²) in [6.07, 6.45) is -4.65. The first-order valence-electron chi connectivity index (χ1n) is 6.43. The molecule has 0 aromatic heterocycles. The second-order valence-corrected chi connectivity index (χ2v) is 7.27. The molecule has 1 heterocycles. The Bertz CT molecular complexity index is 744. The molecule has 0 spiro atoms. The van der Waals surface area contributed by atoms with Crippen LogP contribution in [0.1, 0.15) is 15.9 Å². The number of carboxylic acids is 1. The zero-order valence-electron chi connectivity index (χ0n) is 11.6. The lowest BCUT2D eigenvalue weighted by atomic mass is 10.1. The van der Waals surface area contributed by atoms with Gasteiger partial charge in [0.05, 0.1) is 17.1 Å². The molecular formula is C13H12F3NO5S. The quantitative estimate of drug-likeness (QED) is 0.859. The van der Waals surface area contributed by atoms with Crippen molar-refractivity contribution >= 4 is 21.7 Å². The van der Waals surface area contributed by atoms with Gasteiger partial charge >= 0.3 is 12.1 Å². The van der Waals surface area contributed by atoms with Crippen LogP contribution in [0.3, 0.4) is 0 Å². The fraction of sp³-hybridized carbons (Fsp3) is 0.385. The number of rotatable bonds is 2. The van der Waals surface area contributed by atoms with Gasteiger partial charge in [-0.1, -0.05) is 6.07 Å². The number of hydrogen-bond acceptors (Lipinski definition) is 4. The van der Waals surface area contributed by atoms with E-state index in [1.54, 1.807) is 0 Å². The van der Waals surface area contributed by atoms with Crippen molar-refractivity contribution in [3.05, 3.63) is 35.4 Å². The molecule has 1 aromatic carbocycles. The van der Waals surface area contributed by atoms with Crippen LogP contribution in [0, 0.1) is 0 Å². The van der Waals surface area contributed by atoms with Gasteiger partial charge in [-0.3, -0.25) is 4.79 Å². The zero-order chi connectivity index (χ0) is 17.4. The number of benzene rings is 1. The van der Waals surface area contributed by atoms with Crippen LogP contribution in [0.25, 0.3) is 0 Å². The molecular weight excluding hydrogens is 339 g/mol. The van der Waals surface area contributed by atoms with Crippen LogP contribution in [-0.4, -0.2) is 54.4 Å². The molecule has 0 bridgehead atoms. The molecule has 0 saturated carbocycles. The molecule has 1 aliphatic heterocycles. The number of alkyl halides is 3. The minimum Gasteiger partial charge on any atom is -0.480 e. The highest BCUT2D eigenvalue weighted by molar-refractivity contribution is 7.91. The van der Waals surface area contributed by atoms with Crippen LogP contribution < -0.4 is 0 Å². The van der Waals surface area contributed by atoms with Gasteiger partial charge < -0.3 is 10.0 Å². The van der Waals surface area contributed by atoms with Gasteiger partial charge in [0.25, 0.3) is 5.91 Å². The predicted molar refractivity (Wildman–Crippen MR) is 72.6 cm³/mol.